The highest BCUT2D eigenvalue weighted by molar-refractivity contribution is 5.85. The largest absolute Gasteiger partial charge is 0.423 e. The molecule has 0 fully saturated rings. The van der Waals surface area contributed by atoms with E-state index in [9.17, 15) is 4.79 Å². The van der Waals surface area contributed by atoms with Crippen LogP contribution in [0.4, 0.5) is 5.69 Å². The Morgan fingerprint density at radius 3 is 2.38 bits per heavy atom. The van der Waals surface area contributed by atoms with Gasteiger partial charge in [0.2, 0.25) is 0 Å². The Morgan fingerprint density at radius 2 is 1.75 bits per heavy atom. The van der Waals surface area contributed by atoms with Crippen LogP contribution in [-0.4, -0.2) is 14.1 Å². The quantitative estimate of drug-likeness (QED) is 0.688. The summed E-state index contributed by atoms with van der Waals surface area (Å²) in [6.45, 7) is 3.98. The Hall–Kier alpha value is -1.77. The van der Waals surface area contributed by atoms with E-state index in [-0.39, 0.29) is 5.63 Å². The topological polar surface area (TPSA) is 33.5 Å². The molecule has 1 heterocycles. The Balaban J connectivity index is 2.84. The number of hydrogen-bond donors (Lipinski definition) is 0. The first-order valence-corrected chi connectivity index (χ1v) is 5.21. The van der Waals surface area contributed by atoms with Crippen molar-refractivity contribution in [2.45, 2.75) is 13.8 Å². The van der Waals surface area contributed by atoms with E-state index in [2.05, 4.69) is 13.0 Å². The van der Waals surface area contributed by atoms with Crippen LogP contribution in [-0.2, 0) is 0 Å². The summed E-state index contributed by atoms with van der Waals surface area (Å²) in [5.74, 6) is 0. The monoisotopic (exact) mass is 217 g/mol. The van der Waals surface area contributed by atoms with E-state index in [1.54, 1.807) is 0 Å². The summed E-state index contributed by atoms with van der Waals surface area (Å²) in [4.78, 5) is 13.3. The first-order valence-electron chi connectivity index (χ1n) is 5.21. The number of benzene rings is 1. The predicted molar refractivity (Wildman–Crippen MR) is 66.3 cm³/mol. The number of fused-ring (bicyclic) bond motifs is 1. The van der Waals surface area contributed by atoms with Crippen molar-refractivity contribution < 1.29 is 4.42 Å². The van der Waals surface area contributed by atoms with Crippen molar-refractivity contribution in [2.24, 2.45) is 0 Å². The molecule has 3 heteroatoms. The van der Waals surface area contributed by atoms with Crippen LogP contribution in [0, 0.1) is 13.8 Å². The molecular formula is C13H15NO2. The van der Waals surface area contributed by atoms with Crippen LogP contribution < -0.4 is 10.5 Å². The van der Waals surface area contributed by atoms with Crippen molar-refractivity contribution in [3.63, 3.8) is 0 Å². The molecule has 0 radical (unpaired) electrons. The van der Waals surface area contributed by atoms with E-state index in [1.165, 1.54) is 11.6 Å². The lowest BCUT2D eigenvalue weighted by molar-refractivity contribution is 0.560. The number of rotatable bonds is 1. The van der Waals surface area contributed by atoms with Gasteiger partial charge in [0.05, 0.1) is 0 Å². The highest BCUT2D eigenvalue weighted by atomic mass is 16.4. The van der Waals surface area contributed by atoms with E-state index in [1.807, 2.05) is 32.0 Å². The summed E-state index contributed by atoms with van der Waals surface area (Å²) in [5, 5.41) is 1.00. The highest BCUT2D eigenvalue weighted by Gasteiger charge is 2.07. The van der Waals surface area contributed by atoms with Crippen LogP contribution >= 0.6 is 0 Å². The van der Waals surface area contributed by atoms with Crippen LogP contribution in [0.3, 0.4) is 0 Å². The van der Waals surface area contributed by atoms with Gasteiger partial charge in [-0.25, -0.2) is 4.79 Å². The molecule has 0 aliphatic rings. The van der Waals surface area contributed by atoms with Gasteiger partial charge in [0.1, 0.15) is 5.58 Å². The van der Waals surface area contributed by atoms with Gasteiger partial charge in [-0.2, -0.15) is 0 Å². The van der Waals surface area contributed by atoms with Crippen LogP contribution in [0.2, 0.25) is 0 Å². The number of hydrogen-bond acceptors (Lipinski definition) is 3. The lowest BCUT2D eigenvalue weighted by atomic mass is 10.1. The van der Waals surface area contributed by atoms with Gasteiger partial charge < -0.3 is 9.32 Å². The number of nitrogens with zero attached hydrogens (tertiary/aromatic N) is 1. The first-order chi connectivity index (χ1) is 7.49. The molecule has 0 bridgehead atoms. The Labute approximate surface area is 94.3 Å². The molecule has 0 unspecified atom stereocenters. The van der Waals surface area contributed by atoms with E-state index in [4.69, 9.17) is 4.42 Å². The van der Waals surface area contributed by atoms with Gasteiger partial charge in [0.25, 0.3) is 0 Å². The zero-order chi connectivity index (χ0) is 11.9. The third-order valence-electron chi connectivity index (χ3n) is 2.75. The average molecular weight is 217 g/mol. The van der Waals surface area contributed by atoms with Gasteiger partial charge in [-0.15, -0.1) is 0 Å². The third-order valence-corrected chi connectivity index (χ3v) is 2.75. The number of aryl methyl sites for hydroxylation is 2. The Morgan fingerprint density at radius 1 is 1.06 bits per heavy atom. The summed E-state index contributed by atoms with van der Waals surface area (Å²) < 4.78 is 5.21. The maximum atomic E-state index is 11.3. The molecule has 3 nitrogen and oxygen atoms in total. The number of anilines is 1. The second-order valence-electron chi connectivity index (χ2n) is 4.28. The lowest BCUT2D eigenvalue weighted by Gasteiger charge is -2.16. The second kappa shape index (κ2) is 3.67. The molecule has 0 N–H and O–H groups in total. The molecule has 1 aromatic carbocycles. The minimum atomic E-state index is -0.293. The van der Waals surface area contributed by atoms with Crippen LogP contribution in [0.15, 0.2) is 27.4 Å². The van der Waals surface area contributed by atoms with Crippen molar-refractivity contribution in [2.75, 3.05) is 19.0 Å². The van der Waals surface area contributed by atoms with Gasteiger partial charge in [-0.1, -0.05) is 0 Å². The van der Waals surface area contributed by atoms with Gasteiger partial charge in [-0.05, 0) is 31.0 Å². The minimum Gasteiger partial charge on any atom is -0.423 e. The molecule has 0 atom stereocenters. The fourth-order valence-corrected chi connectivity index (χ4v) is 1.94. The minimum absolute atomic E-state index is 0.293. The first kappa shape index (κ1) is 10.7. The summed E-state index contributed by atoms with van der Waals surface area (Å²) in [5.41, 5.74) is 3.56. The van der Waals surface area contributed by atoms with Gasteiger partial charge in [0.15, 0.2) is 0 Å². The van der Waals surface area contributed by atoms with Crippen molar-refractivity contribution in [1.29, 1.82) is 0 Å². The van der Waals surface area contributed by atoms with Crippen LogP contribution in [0.5, 0.6) is 0 Å². The Bertz CT molecular complexity index is 597. The van der Waals surface area contributed by atoms with E-state index < -0.39 is 0 Å². The van der Waals surface area contributed by atoms with Crippen molar-refractivity contribution in [3.8, 4) is 0 Å². The normalized spacial score (nSPS) is 10.8. The zero-order valence-electron chi connectivity index (χ0n) is 10.00. The molecule has 0 spiro atoms. The SMILES string of the molecule is Cc1cc2c(C)cc(=O)oc2cc1N(C)C. The van der Waals surface area contributed by atoms with Crippen molar-refractivity contribution >= 4 is 16.7 Å². The standard InChI is InChI=1S/C13H15NO2/c1-8-6-13(15)16-12-7-11(14(3)4)9(2)5-10(8)12/h5-7H,1-4H3. The summed E-state index contributed by atoms with van der Waals surface area (Å²) in [7, 11) is 3.95. The average Bonchev–Trinajstić information content (AvgIpc) is 2.18. The molecule has 1 aromatic heterocycles. The van der Waals surface area contributed by atoms with Crippen molar-refractivity contribution in [3.05, 3.63) is 39.7 Å². The molecule has 0 amide bonds. The van der Waals surface area contributed by atoms with E-state index in [0.717, 1.165) is 16.6 Å². The van der Waals surface area contributed by atoms with Gasteiger partial charge in [-0.3, -0.25) is 0 Å². The summed E-state index contributed by atoms with van der Waals surface area (Å²) >= 11 is 0. The third kappa shape index (κ3) is 1.69. The molecule has 2 rings (SSSR count). The maximum absolute atomic E-state index is 11.3. The lowest BCUT2D eigenvalue weighted by Crippen LogP contribution is -2.10. The molecule has 0 saturated heterocycles. The zero-order valence-corrected chi connectivity index (χ0v) is 10.00. The highest BCUT2D eigenvalue weighted by Crippen LogP contribution is 2.26. The molecule has 0 aliphatic carbocycles. The molecule has 84 valence electrons. The van der Waals surface area contributed by atoms with Crippen LogP contribution in [0.25, 0.3) is 11.0 Å². The Kier molecular flexibility index (Phi) is 2.46. The summed E-state index contributed by atoms with van der Waals surface area (Å²) in [6.07, 6.45) is 0. The van der Waals surface area contributed by atoms with Gasteiger partial charge >= 0.3 is 5.63 Å². The second-order valence-corrected chi connectivity index (χ2v) is 4.28. The summed E-state index contributed by atoms with van der Waals surface area (Å²) in [6, 6.07) is 5.50. The molecular weight excluding hydrogens is 202 g/mol. The smallest absolute Gasteiger partial charge is 0.336 e. The predicted octanol–water partition coefficient (Wildman–Crippen LogP) is 2.48. The van der Waals surface area contributed by atoms with Crippen molar-refractivity contribution in [1.82, 2.24) is 0 Å². The van der Waals surface area contributed by atoms with E-state index in [0.29, 0.717) is 5.58 Å². The van der Waals surface area contributed by atoms with Gasteiger partial charge in [0, 0.05) is 37.3 Å². The maximum Gasteiger partial charge on any atom is 0.336 e. The molecule has 2 aromatic rings. The van der Waals surface area contributed by atoms with E-state index >= 15 is 0 Å². The van der Waals surface area contributed by atoms with Crippen LogP contribution in [0.1, 0.15) is 11.1 Å². The molecule has 16 heavy (non-hydrogen) atoms. The molecule has 0 saturated carbocycles. The fraction of sp³-hybridized carbons (Fsp3) is 0.308. The fourth-order valence-electron chi connectivity index (χ4n) is 1.94. The molecule has 0 aliphatic heterocycles.